The van der Waals surface area contributed by atoms with Gasteiger partial charge >= 0.3 is 0 Å². The number of hydrogen-bond donors (Lipinski definition) is 3. The van der Waals surface area contributed by atoms with Crippen molar-refractivity contribution >= 4 is 5.91 Å². The number of aromatic nitrogens is 2. The van der Waals surface area contributed by atoms with E-state index in [2.05, 4.69) is 15.3 Å². The highest BCUT2D eigenvalue weighted by molar-refractivity contribution is 5.77. The number of imidazole rings is 1. The second-order valence-electron chi connectivity index (χ2n) is 2.06. The molecule has 0 saturated heterocycles. The van der Waals surface area contributed by atoms with E-state index in [1.165, 1.54) is 0 Å². The smallest absolute Gasteiger partial charge is 0.234 e. The van der Waals surface area contributed by atoms with Crippen LogP contribution in [-0.2, 0) is 11.3 Å². The predicted molar refractivity (Wildman–Crippen MR) is 39.5 cm³/mol. The second kappa shape index (κ2) is 3.72. The van der Waals surface area contributed by atoms with Gasteiger partial charge in [0.15, 0.2) is 0 Å². The Kier molecular flexibility index (Phi) is 2.62. The number of carbonyl (C=O) groups excluding carboxylic acids is 1. The standard InChI is InChI=1S/C6H10N4O/c7-1-6(11)9-3-5-2-8-4-10-5/h2,4H,1,3,7H2,(H,8,10)(H,9,11). The van der Waals surface area contributed by atoms with Crippen LogP contribution in [0.1, 0.15) is 5.69 Å². The van der Waals surface area contributed by atoms with Gasteiger partial charge in [0.05, 0.1) is 25.1 Å². The summed E-state index contributed by atoms with van der Waals surface area (Å²) in [4.78, 5) is 17.3. The van der Waals surface area contributed by atoms with Crippen LogP contribution < -0.4 is 11.1 Å². The number of amides is 1. The van der Waals surface area contributed by atoms with Crippen LogP contribution in [0.2, 0.25) is 0 Å². The van der Waals surface area contributed by atoms with Crippen LogP contribution in [0.4, 0.5) is 0 Å². The van der Waals surface area contributed by atoms with Gasteiger partial charge in [0, 0.05) is 6.20 Å². The average molecular weight is 154 g/mol. The molecule has 0 spiro atoms. The molecule has 0 aliphatic rings. The first kappa shape index (κ1) is 7.74. The SMILES string of the molecule is NCC(=O)NCc1cnc[nH]1. The lowest BCUT2D eigenvalue weighted by Gasteiger charge is -1.98. The van der Waals surface area contributed by atoms with Crippen LogP contribution in [0, 0.1) is 0 Å². The Labute approximate surface area is 64.0 Å². The maximum atomic E-state index is 10.6. The maximum Gasteiger partial charge on any atom is 0.234 e. The predicted octanol–water partition coefficient (Wildman–Crippen LogP) is -1.02. The fourth-order valence-electron chi connectivity index (χ4n) is 0.647. The largest absolute Gasteiger partial charge is 0.349 e. The van der Waals surface area contributed by atoms with E-state index >= 15 is 0 Å². The third-order valence-corrected chi connectivity index (χ3v) is 1.22. The molecule has 0 saturated carbocycles. The monoisotopic (exact) mass is 154 g/mol. The molecule has 5 nitrogen and oxygen atoms in total. The van der Waals surface area contributed by atoms with E-state index < -0.39 is 0 Å². The van der Waals surface area contributed by atoms with Gasteiger partial charge in [-0.2, -0.15) is 0 Å². The van der Waals surface area contributed by atoms with Crippen LogP contribution in [0.25, 0.3) is 0 Å². The quantitative estimate of drug-likeness (QED) is 0.521. The molecule has 60 valence electrons. The molecule has 0 atom stereocenters. The van der Waals surface area contributed by atoms with Gasteiger partial charge in [-0.15, -0.1) is 0 Å². The Hall–Kier alpha value is -1.36. The summed E-state index contributed by atoms with van der Waals surface area (Å²) >= 11 is 0. The molecule has 0 bridgehead atoms. The van der Waals surface area contributed by atoms with Gasteiger partial charge in [0.2, 0.25) is 5.91 Å². The normalized spacial score (nSPS) is 9.55. The number of H-pyrrole nitrogens is 1. The molecule has 4 N–H and O–H groups in total. The summed E-state index contributed by atoms with van der Waals surface area (Å²) in [5.74, 6) is -0.167. The van der Waals surface area contributed by atoms with Crippen molar-refractivity contribution in [2.75, 3.05) is 6.54 Å². The molecule has 0 unspecified atom stereocenters. The fraction of sp³-hybridized carbons (Fsp3) is 0.333. The van der Waals surface area contributed by atoms with Gasteiger partial charge in [-0.3, -0.25) is 4.79 Å². The molecule has 0 aliphatic carbocycles. The highest BCUT2D eigenvalue weighted by Crippen LogP contribution is 1.87. The van der Waals surface area contributed by atoms with Crippen LogP contribution >= 0.6 is 0 Å². The summed E-state index contributed by atoms with van der Waals surface area (Å²) in [6.45, 7) is 0.476. The first-order chi connectivity index (χ1) is 5.33. The summed E-state index contributed by atoms with van der Waals surface area (Å²) in [6, 6.07) is 0. The van der Waals surface area contributed by atoms with E-state index in [-0.39, 0.29) is 12.5 Å². The van der Waals surface area contributed by atoms with Crippen molar-refractivity contribution in [3.05, 3.63) is 18.2 Å². The van der Waals surface area contributed by atoms with Crippen molar-refractivity contribution in [1.82, 2.24) is 15.3 Å². The van der Waals surface area contributed by atoms with Gasteiger partial charge in [0.25, 0.3) is 0 Å². The van der Waals surface area contributed by atoms with Gasteiger partial charge in [0.1, 0.15) is 0 Å². The molecular weight excluding hydrogens is 144 g/mol. The first-order valence-electron chi connectivity index (χ1n) is 3.27. The van der Waals surface area contributed by atoms with Crippen molar-refractivity contribution in [3.63, 3.8) is 0 Å². The third kappa shape index (κ3) is 2.38. The van der Waals surface area contributed by atoms with E-state index in [0.717, 1.165) is 5.69 Å². The molecule has 1 rings (SSSR count). The molecule has 11 heavy (non-hydrogen) atoms. The number of hydrogen-bond acceptors (Lipinski definition) is 3. The minimum atomic E-state index is -0.167. The van der Waals surface area contributed by atoms with E-state index in [4.69, 9.17) is 5.73 Å². The zero-order valence-corrected chi connectivity index (χ0v) is 6.00. The Morgan fingerprint density at radius 2 is 2.64 bits per heavy atom. The van der Waals surface area contributed by atoms with E-state index in [1.54, 1.807) is 12.5 Å². The molecule has 1 aromatic rings. The van der Waals surface area contributed by atoms with Crippen LogP contribution in [0.15, 0.2) is 12.5 Å². The van der Waals surface area contributed by atoms with Crippen molar-refractivity contribution < 1.29 is 4.79 Å². The van der Waals surface area contributed by atoms with E-state index in [1.807, 2.05) is 0 Å². The third-order valence-electron chi connectivity index (χ3n) is 1.22. The second-order valence-corrected chi connectivity index (χ2v) is 2.06. The summed E-state index contributed by atoms with van der Waals surface area (Å²) in [5, 5.41) is 2.60. The molecule has 0 radical (unpaired) electrons. The molecule has 0 aliphatic heterocycles. The molecule has 5 heteroatoms. The van der Waals surface area contributed by atoms with Gasteiger partial charge in [-0.1, -0.05) is 0 Å². The fourth-order valence-corrected chi connectivity index (χ4v) is 0.647. The minimum Gasteiger partial charge on any atom is -0.349 e. The number of nitrogens with one attached hydrogen (secondary N) is 2. The maximum absolute atomic E-state index is 10.6. The Morgan fingerprint density at radius 3 is 3.18 bits per heavy atom. The topological polar surface area (TPSA) is 83.8 Å². The molecule has 0 fully saturated rings. The zero-order chi connectivity index (χ0) is 8.10. The zero-order valence-electron chi connectivity index (χ0n) is 6.00. The van der Waals surface area contributed by atoms with Crippen LogP contribution in [0.3, 0.4) is 0 Å². The van der Waals surface area contributed by atoms with Gasteiger partial charge in [-0.25, -0.2) is 4.98 Å². The average Bonchev–Trinajstić information content (AvgIpc) is 2.52. The minimum absolute atomic E-state index is 0.0220. The highest BCUT2D eigenvalue weighted by atomic mass is 16.1. The lowest BCUT2D eigenvalue weighted by atomic mass is 10.4. The highest BCUT2D eigenvalue weighted by Gasteiger charge is 1.96. The molecule has 0 aromatic carbocycles. The molecular formula is C6H10N4O. The summed E-state index contributed by atoms with van der Waals surface area (Å²) < 4.78 is 0. The van der Waals surface area contributed by atoms with Crippen molar-refractivity contribution in [3.8, 4) is 0 Å². The van der Waals surface area contributed by atoms with Gasteiger partial charge < -0.3 is 16.0 Å². The Bertz CT molecular complexity index is 218. The number of nitrogens with zero attached hydrogens (tertiary/aromatic N) is 1. The van der Waals surface area contributed by atoms with Crippen LogP contribution in [-0.4, -0.2) is 22.4 Å². The van der Waals surface area contributed by atoms with E-state index in [0.29, 0.717) is 6.54 Å². The lowest BCUT2D eigenvalue weighted by Crippen LogP contribution is -2.29. The molecule has 1 heterocycles. The van der Waals surface area contributed by atoms with Crippen molar-refractivity contribution in [2.24, 2.45) is 5.73 Å². The summed E-state index contributed by atoms with van der Waals surface area (Å²) in [5.41, 5.74) is 5.94. The van der Waals surface area contributed by atoms with Crippen molar-refractivity contribution in [2.45, 2.75) is 6.54 Å². The number of carbonyl (C=O) groups is 1. The Morgan fingerprint density at radius 1 is 1.82 bits per heavy atom. The lowest BCUT2D eigenvalue weighted by molar-refractivity contribution is -0.119. The van der Waals surface area contributed by atoms with Gasteiger partial charge in [-0.05, 0) is 0 Å². The first-order valence-corrected chi connectivity index (χ1v) is 3.27. The number of nitrogens with two attached hydrogens (primary N) is 1. The molecule has 1 aromatic heterocycles. The summed E-state index contributed by atoms with van der Waals surface area (Å²) in [7, 11) is 0. The Balaban J connectivity index is 2.29. The summed E-state index contributed by atoms with van der Waals surface area (Å²) in [6.07, 6.45) is 3.21. The number of aromatic amines is 1. The van der Waals surface area contributed by atoms with Crippen LogP contribution in [0.5, 0.6) is 0 Å². The number of rotatable bonds is 3. The van der Waals surface area contributed by atoms with E-state index in [9.17, 15) is 4.79 Å². The van der Waals surface area contributed by atoms with Crippen molar-refractivity contribution in [1.29, 1.82) is 0 Å². The molecule has 1 amide bonds.